The number of carbonyl (C=O) groups excluding carboxylic acids is 3. The molecule has 68 heavy (non-hydrogen) atoms. The molecule has 0 bridgehead atoms. The molecule has 0 saturated heterocycles. The van der Waals surface area contributed by atoms with Crippen LogP contribution < -0.4 is 0 Å². The van der Waals surface area contributed by atoms with E-state index in [1.807, 2.05) is 0 Å². The summed E-state index contributed by atoms with van der Waals surface area (Å²) in [6.45, 7) is 4.37. The number of carbonyl (C=O) groups is 3. The maximum atomic E-state index is 12.8. The van der Waals surface area contributed by atoms with Crippen molar-refractivity contribution in [3.63, 3.8) is 0 Å². The first kappa shape index (κ1) is 64.7. The van der Waals surface area contributed by atoms with Crippen LogP contribution in [0.3, 0.4) is 0 Å². The van der Waals surface area contributed by atoms with Crippen molar-refractivity contribution in [1.82, 2.24) is 0 Å². The van der Waals surface area contributed by atoms with E-state index in [1.165, 1.54) is 32.1 Å². The van der Waals surface area contributed by atoms with Gasteiger partial charge in [-0.15, -0.1) is 0 Å². The molecule has 0 amide bonds. The van der Waals surface area contributed by atoms with Gasteiger partial charge in [0.2, 0.25) is 0 Å². The lowest BCUT2D eigenvalue weighted by Gasteiger charge is -2.21. The second kappa shape index (κ2) is 50.1. The molecule has 0 aliphatic rings. The lowest BCUT2D eigenvalue weighted by atomic mass is 10.1. The molecular formula is C56H95O11P. The van der Waals surface area contributed by atoms with E-state index in [0.29, 0.717) is 19.3 Å². The lowest BCUT2D eigenvalue weighted by Crippen LogP contribution is -2.30. The molecule has 3 atom stereocenters. The summed E-state index contributed by atoms with van der Waals surface area (Å²) >= 11 is 0. The lowest BCUT2D eigenvalue weighted by molar-refractivity contribution is -0.161. The molecule has 11 nitrogen and oxygen atoms in total. The number of aliphatic hydroxyl groups excluding tert-OH is 1. The standard InChI is InChI=1S/C56H95O11P/c1-4-7-10-13-16-19-21-23-24-25-26-27-28-30-32-35-38-41-44-47-56(60)67-53(49-63-54(58)45-42-39-36-34-31-29-22-20-17-14-11-8-5-2)51-65-68(61,62)64-50-52(48-57)66-55(59)46-43-40-37-33-18-15-12-9-6-3/h7,10-11,14,16,19-20,22-24,26-27,30,32,52-53,57H,4-6,8-9,12-13,15,17-18,21,25,28-29,31,33-51H2,1-3H3,(H,61,62)/b10-7-,14-11-,19-16-,22-20-,24-23-,27-26-,32-30-. The molecule has 12 heteroatoms. The van der Waals surface area contributed by atoms with Gasteiger partial charge in [-0.05, 0) is 89.9 Å². The van der Waals surface area contributed by atoms with Crippen molar-refractivity contribution < 1.29 is 52.2 Å². The van der Waals surface area contributed by atoms with E-state index in [4.69, 9.17) is 23.3 Å². The van der Waals surface area contributed by atoms with E-state index in [0.717, 1.165) is 122 Å². The van der Waals surface area contributed by atoms with Crippen LogP contribution in [0.15, 0.2) is 85.1 Å². The SMILES string of the molecule is CC/C=C\C/C=C\C/C=C\C/C=C\C/C=C\CCCCCC(=O)OC(COC(=O)CCCCCCC/C=C\C/C=C\CCC)COP(=O)(O)OCC(CO)OC(=O)CCCCCCCCCCC. The van der Waals surface area contributed by atoms with Crippen LogP contribution in [0.2, 0.25) is 0 Å². The normalized spacial score (nSPS) is 14.1. The summed E-state index contributed by atoms with van der Waals surface area (Å²) in [5.74, 6) is -1.53. The fraction of sp³-hybridized carbons (Fsp3) is 0.696. The third-order valence-electron chi connectivity index (χ3n) is 10.8. The van der Waals surface area contributed by atoms with Crippen LogP contribution in [0.1, 0.15) is 213 Å². The number of hydrogen-bond acceptors (Lipinski definition) is 10. The van der Waals surface area contributed by atoms with Gasteiger partial charge in [0, 0.05) is 19.3 Å². The minimum atomic E-state index is -4.75. The van der Waals surface area contributed by atoms with Gasteiger partial charge in [-0.25, -0.2) is 4.57 Å². The molecule has 3 unspecified atom stereocenters. The zero-order valence-electron chi connectivity index (χ0n) is 42.8. The fourth-order valence-electron chi connectivity index (χ4n) is 6.77. The van der Waals surface area contributed by atoms with Gasteiger partial charge in [-0.1, -0.05) is 189 Å². The highest BCUT2D eigenvalue weighted by Gasteiger charge is 2.28. The first-order valence-electron chi connectivity index (χ1n) is 26.5. The number of ether oxygens (including phenoxy) is 3. The Kier molecular flexibility index (Phi) is 47.6. The molecular weight excluding hydrogens is 880 g/mol. The minimum Gasteiger partial charge on any atom is -0.462 e. The van der Waals surface area contributed by atoms with E-state index in [-0.39, 0.29) is 25.9 Å². The van der Waals surface area contributed by atoms with Gasteiger partial charge >= 0.3 is 25.7 Å². The van der Waals surface area contributed by atoms with Crippen LogP contribution in [-0.4, -0.2) is 66.5 Å². The fourth-order valence-corrected chi connectivity index (χ4v) is 7.56. The average molecular weight is 975 g/mol. The van der Waals surface area contributed by atoms with E-state index < -0.39 is 57.8 Å². The monoisotopic (exact) mass is 975 g/mol. The molecule has 0 fully saturated rings. The summed E-state index contributed by atoms with van der Waals surface area (Å²) in [6, 6.07) is 0. The van der Waals surface area contributed by atoms with Crippen LogP contribution in [0, 0.1) is 0 Å². The zero-order valence-corrected chi connectivity index (χ0v) is 43.7. The number of hydrogen-bond donors (Lipinski definition) is 2. The summed E-state index contributed by atoms with van der Waals surface area (Å²) in [4.78, 5) is 48.3. The highest BCUT2D eigenvalue weighted by atomic mass is 31.2. The quantitative estimate of drug-likeness (QED) is 0.0197. The Labute approximate surface area is 413 Å². The first-order valence-corrected chi connectivity index (χ1v) is 28.0. The zero-order chi connectivity index (χ0) is 49.9. The number of phosphoric acid groups is 1. The summed E-state index contributed by atoms with van der Waals surface area (Å²) in [6.07, 6.45) is 55.6. The maximum absolute atomic E-state index is 12.8. The summed E-state index contributed by atoms with van der Waals surface area (Å²) in [5.41, 5.74) is 0. The summed E-state index contributed by atoms with van der Waals surface area (Å²) in [7, 11) is -4.75. The molecule has 2 N–H and O–H groups in total. The molecule has 0 rings (SSSR count). The molecule has 0 aliphatic carbocycles. The Morgan fingerprint density at radius 2 is 0.794 bits per heavy atom. The number of allylic oxidation sites excluding steroid dienone is 14. The number of unbranched alkanes of at least 4 members (excludes halogenated alkanes) is 17. The van der Waals surface area contributed by atoms with Gasteiger partial charge in [0.15, 0.2) is 6.10 Å². The van der Waals surface area contributed by atoms with Crippen LogP contribution >= 0.6 is 7.82 Å². The molecule has 0 spiro atoms. The van der Waals surface area contributed by atoms with Crippen molar-refractivity contribution in [2.45, 2.75) is 226 Å². The first-order chi connectivity index (χ1) is 33.2. The third kappa shape index (κ3) is 47.7. The number of esters is 3. The van der Waals surface area contributed by atoms with Gasteiger partial charge in [0.25, 0.3) is 0 Å². The van der Waals surface area contributed by atoms with Crippen LogP contribution in [0.5, 0.6) is 0 Å². The number of phosphoric ester groups is 1. The highest BCUT2D eigenvalue weighted by Crippen LogP contribution is 2.43. The van der Waals surface area contributed by atoms with Crippen molar-refractivity contribution in [1.29, 1.82) is 0 Å². The molecule has 0 aromatic rings. The predicted octanol–water partition coefficient (Wildman–Crippen LogP) is 15.1. The van der Waals surface area contributed by atoms with Crippen molar-refractivity contribution in [2.75, 3.05) is 26.4 Å². The largest absolute Gasteiger partial charge is 0.472 e. The molecule has 390 valence electrons. The number of aliphatic hydroxyl groups is 1. The second-order valence-electron chi connectivity index (χ2n) is 17.3. The van der Waals surface area contributed by atoms with Crippen molar-refractivity contribution in [2.24, 2.45) is 0 Å². The Morgan fingerprint density at radius 3 is 1.25 bits per heavy atom. The Bertz CT molecular complexity index is 1460. The third-order valence-corrected chi connectivity index (χ3v) is 11.7. The second-order valence-corrected chi connectivity index (χ2v) is 18.8. The summed E-state index contributed by atoms with van der Waals surface area (Å²) in [5, 5.41) is 9.75. The van der Waals surface area contributed by atoms with Crippen LogP contribution in [0.25, 0.3) is 0 Å². The smallest absolute Gasteiger partial charge is 0.462 e. The van der Waals surface area contributed by atoms with Gasteiger partial charge in [0.1, 0.15) is 12.7 Å². The molecule has 0 saturated carbocycles. The molecule has 0 aliphatic heterocycles. The highest BCUT2D eigenvalue weighted by molar-refractivity contribution is 7.47. The van der Waals surface area contributed by atoms with Gasteiger partial charge in [0.05, 0.1) is 19.8 Å². The van der Waals surface area contributed by atoms with Gasteiger partial charge in [-0.3, -0.25) is 23.4 Å². The van der Waals surface area contributed by atoms with E-state index in [2.05, 4.69) is 106 Å². The topological polar surface area (TPSA) is 155 Å². The van der Waals surface area contributed by atoms with E-state index in [1.54, 1.807) is 0 Å². The van der Waals surface area contributed by atoms with Crippen molar-refractivity contribution in [3.05, 3.63) is 85.1 Å². The average Bonchev–Trinajstić information content (AvgIpc) is 3.32. The van der Waals surface area contributed by atoms with E-state index >= 15 is 0 Å². The molecule has 0 aromatic carbocycles. The van der Waals surface area contributed by atoms with Crippen molar-refractivity contribution in [3.8, 4) is 0 Å². The Hall–Kier alpha value is -3.34. The molecule has 0 radical (unpaired) electrons. The van der Waals surface area contributed by atoms with E-state index in [9.17, 15) is 28.9 Å². The Balaban J connectivity index is 4.82. The predicted molar refractivity (Wildman–Crippen MR) is 279 cm³/mol. The van der Waals surface area contributed by atoms with Crippen LogP contribution in [0.4, 0.5) is 0 Å². The Morgan fingerprint density at radius 1 is 0.426 bits per heavy atom. The van der Waals surface area contributed by atoms with Gasteiger partial charge in [-0.2, -0.15) is 0 Å². The maximum Gasteiger partial charge on any atom is 0.472 e. The van der Waals surface area contributed by atoms with Gasteiger partial charge < -0.3 is 24.2 Å². The molecule has 0 heterocycles. The van der Waals surface area contributed by atoms with Crippen molar-refractivity contribution >= 4 is 25.7 Å². The summed E-state index contributed by atoms with van der Waals surface area (Å²) < 4.78 is 39.3. The molecule has 0 aromatic heterocycles. The minimum absolute atomic E-state index is 0.123. The number of rotatable bonds is 48. The van der Waals surface area contributed by atoms with Crippen LogP contribution in [-0.2, 0) is 42.2 Å².